The summed E-state index contributed by atoms with van der Waals surface area (Å²) < 4.78 is 4.94. The molecule has 1 N–H and O–H groups in total. The van der Waals surface area contributed by atoms with Gasteiger partial charge in [-0.25, -0.2) is 4.79 Å². The second-order valence-corrected chi connectivity index (χ2v) is 6.15. The minimum Gasteiger partial charge on any atom is -0.449 e. The number of carbonyl (C=O) groups excluding carboxylic acids is 2. The van der Waals surface area contributed by atoms with Gasteiger partial charge in [-0.2, -0.15) is 0 Å². The minimum absolute atomic E-state index is 0.0765. The number of anilines is 2. The van der Waals surface area contributed by atoms with E-state index in [0.29, 0.717) is 29.5 Å². The normalized spacial score (nSPS) is 10.2. The van der Waals surface area contributed by atoms with E-state index in [0.717, 1.165) is 5.69 Å². The van der Waals surface area contributed by atoms with Gasteiger partial charge in [-0.05, 0) is 43.3 Å². The largest absolute Gasteiger partial charge is 0.449 e. The minimum atomic E-state index is -0.412. The molecule has 0 unspecified atom stereocenters. The Morgan fingerprint density at radius 2 is 1.96 bits per heavy atom. The highest BCUT2D eigenvalue weighted by atomic mass is 32.2. The van der Waals surface area contributed by atoms with Gasteiger partial charge in [-0.3, -0.25) is 14.7 Å². The molecule has 132 valence electrons. The molecule has 0 aliphatic heterocycles. The number of benzene rings is 1. The summed E-state index contributed by atoms with van der Waals surface area (Å²) in [7, 11) is 1.64. The third kappa shape index (κ3) is 6.11. The maximum Gasteiger partial charge on any atom is 0.413 e. The molecule has 2 aromatic rings. The molecule has 1 heterocycles. The summed E-state index contributed by atoms with van der Waals surface area (Å²) in [5.41, 5.74) is 2.33. The monoisotopic (exact) mass is 359 g/mol. The summed E-state index contributed by atoms with van der Waals surface area (Å²) in [5.74, 6) is 0.964. The van der Waals surface area contributed by atoms with Crippen LogP contribution in [0.4, 0.5) is 16.2 Å². The van der Waals surface area contributed by atoms with Crippen molar-refractivity contribution < 1.29 is 14.3 Å². The van der Waals surface area contributed by atoms with Crippen LogP contribution in [0.1, 0.15) is 12.6 Å². The van der Waals surface area contributed by atoms with Crippen LogP contribution in [0.15, 0.2) is 48.7 Å². The number of carbonyl (C=O) groups is 2. The molecule has 0 atom stereocenters. The van der Waals surface area contributed by atoms with Crippen molar-refractivity contribution in [1.82, 2.24) is 4.98 Å². The van der Waals surface area contributed by atoms with E-state index in [-0.39, 0.29) is 5.91 Å². The molecular weight excluding hydrogens is 338 g/mol. The number of aromatic nitrogens is 1. The molecule has 0 aliphatic rings. The fourth-order valence-corrected chi connectivity index (χ4v) is 2.76. The molecule has 0 radical (unpaired) electrons. The van der Waals surface area contributed by atoms with Gasteiger partial charge in [0, 0.05) is 30.4 Å². The Bertz CT molecular complexity index is 692. The van der Waals surface area contributed by atoms with Gasteiger partial charge in [0.15, 0.2) is 0 Å². The lowest BCUT2D eigenvalue weighted by Crippen LogP contribution is -2.26. The lowest BCUT2D eigenvalue weighted by atomic mass is 10.2. The Balaban J connectivity index is 1.80. The van der Waals surface area contributed by atoms with Crippen LogP contribution in [0.2, 0.25) is 0 Å². The third-order valence-corrected chi connectivity index (χ3v) is 4.26. The number of hydrogen-bond donors (Lipinski definition) is 1. The molecule has 6 nitrogen and oxygen atoms in total. The number of nitrogens with one attached hydrogen (secondary N) is 1. The first-order valence-corrected chi connectivity index (χ1v) is 9.03. The molecule has 7 heteroatoms. The van der Waals surface area contributed by atoms with Crippen molar-refractivity contribution in [3.8, 4) is 0 Å². The van der Waals surface area contributed by atoms with Crippen molar-refractivity contribution in [3.63, 3.8) is 0 Å². The molecule has 0 spiro atoms. The van der Waals surface area contributed by atoms with E-state index in [1.165, 1.54) is 16.7 Å². The van der Waals surface area contributed by atoms with Crippen molar-refractivity contribution in [2.45, 2.75) is 12.7 Å². The van der Waals surface area contributed by atoms with E-state index in [2.05, 4.69) is 10.3 Å². The molecule has 2 amide bonds. The molecule has 0 aliphatic carbocycles. The van der Waals surface area contributed by atoms with Crippen molar-refractivity contribution in [3.05, 3.63) is 54.4 Å². The first kappa shape index (κ1) is 18.8. The number of rotatable bonds is 7. The average molecular weight is 359 g/mol. The van der Waals surface area contributed by atoms with Crippen molar-refractivity contribution in [1.29, 1.82) is 0 Å². The summed E-state index contributed by atoms with van der Waals surface area (Å²) in [4.78, 5) is 29.3. The van der Waals surface area contributed by atoms with Crippen molar-refractivity contribution in [2.24, 2.45) is 0 Å². The van der Waals surface area contributed by atoms with Gasteiger partial charge in [0.1, 0.15) is 0 Å². The summed E-state index contributed by atoms with van der Waals surface area (Å²) in [5, 5.41) is 2.83. The van der Waals surface area contributed by atoms with Crippen molar-refractivity contribution >= 4 is 35.1 Å². The number of amides is 2. The van der Waals surface area contributed by atoms with Crippen molar-refractivity contribution in [2.75, 3.05) is 29.6 Å². The number of pyridine rings is 1. The number of hydrogen-bond acceptors (Lipinski definition) is 5. The van der Waals surface area contributed by atoms with Gasteiger partial charge < -0.3 is 10.1 Å². The smallest absolute Gasteiger partial charge is 0.413 e. The highest BCUT2D eigenvalue weighted by molar-refractivity contribution is 7.99. The van der Waals surface area contributed by atoms with Gasteiger partial charge in [-0.1, -0.05) is 6.07 Å². The molecule has 0 fully saturated rings. The molecule has 1 aromatic heterocycles. The van der Waals surface area contributed by atoms with Gasteiger partial charge in [0.05, 0.1) is 18.1 Å². The maximum absolute atomic E-state index is 12.0. The Hall–Kier alpha value is -2.54. The van der Waals surface area contributed by atoms with Crippen LogP contribution in [-0.4, -0.2) is 36.4 Å². The Morgan fingerprint density at radius 3 is 2.60 bits per heavy atom. The first-order valence-electron chi connectivity index (χ1n) is 7.88. The van der Waals surface area contributed by atoms with Crippen LogP contribution in [0.5, 0.6) is 0 Å². The van der Waals surface area contributed by atoms with Crippen LogP contribution in [0, 0.1) is 0 Å². The lowest BCUT2D eigenvalue weighted by molar-refractivity contribution is -0.113. The number of nitrogens with zero attached hydrogens (tertiary/aromatic N) is 2. The van der Waals surface area contributed by atoms with E-state index in [9.17, 15) is 9.59 Å². The molecule has 1 aromatic carbocycles. The van der Waals surface area contributed by atoms with Gasteiger partial charge in [0.25, 0.3) is 0 Å². The van der Waals surface area contributed by atoms with Crippen LogP contribution in [-0.2, 0) is 15.3 Å². The van der Waals surface area contributed by atoms with Gasteiger partial charge in [0.2, 0.25) is 5.91 Å². The van der Waals surface area contributed by atoms with E-state index >= 15 is 0 Å². The van der Waals surface area contributed by atoms with Gasteiger partial charge >= 0.3 is 6.09 Å². The highest BCUT2D eigenvalue weighted by Crippen LogP contribution is 2.18. The second kappa shape index (κ2) is 9.68. The Labute approximate surface area is 151 Å². The quantitative estimate of drug-likeness (QED) is 0.819. The zero-order chi connectivity index (χ0) is 18.1. The summed E-state index contributed by atoms with van der Waals surface area (Å²) in [6.07, 6.45) is 1.33. The first-order chi connectivity index (χ1) is 12.1. The predicted molar refractivity (Wildman–Crippen MR) is 101 cm³/mol. The SMILES string of the molecule is CCOC(=O)N(C)c1ccc(NC(=O)CSCc2ccccn2)cc1. The fraction of sp³-hybridized carbons (Fsp3) is 0.278. The zero-order valence-corrected chi connectivity index (χ0v) is 15.1. The third-order valence-electron chi connectivity index (χ3n) is 3.29. The van der Waals surface area contributed by atoms with Crippen LogP contribution >= 0.6 is 11.8 Å². The standard InChI is InChI=1S/C18H21N3O3S/c1-3-24-18(23)21(2)16-9-7-14(8-10-16)20-17(22)13-25-12-15-6-4-5-11-19-15/h4-11H,3,12-13H2,1-2H3,(H,20,22). The van der Waals surface area contributed by atoms with Gasteiger partial charge in [-0.15, -0.1) is 11.8 Å². The predicted octanol–water partition coefficient (Wildman–Crippen LogP) is 3.55. The molecule has 25 heavy (non-hydrogen) atoms. The summed E-state index contributed by atoms with van der Waals surface area (Å²) >= 11 is 1.51. The summed E-state index contributed by atoms with van der Waals surface area (Å²) in [6.45, 7) is 2.09. The highest BCUT2D eigenvalue weighted by Gasteiger charge is 2.11. The summed E-state index contributed by atoms with van der Waals surface area (Å²) in [6, 6.07) is 12.8. The van der Waals surface area contributed by atoms with Crippen LogP contribution < -0.4 is 10.2 Å². The van der Waals surface area contributed by atoms with Crippen LogP contribution in [0.25, 0.3) is 0 Å². The van der Waals surface area contributed by atoms with Crippen LogP contribution in [0.3, 0.4) is 0 Å². The second-order valence-electron chi connectivity index (χ2n) is 5.17. The topological polar surface area (TPSA) is 71.5 Å². The Kier molecular flexibility index (Phi) is 7.28. The lowest BCUT2D eigenvalue weighted by Gasteiger charge is -2.16. The fourth-order valence-electron chi connectivity index (χ4n) is 2.02. The van der Waals surface area contributed by atoms with E-state index < -0.39 is 6.09 Å². The average Bonchev–Trinajstić information content (AvgIpc) is 2.63. The number of ether oxygens (including phenoxy) is 1. The molecule has 0 saturated carbocycles. The number of thioether (sulfide) groups is 1. The van der Waals surface area contributed by atoms with E-state index in [4.69, 9.17) is 4.74 Å². The maximum atomic E-state index is 12.0. The van der Waals surface area contributed by atoms with E-state index in [1.54, 1.807) is 44.4 Å². The molecule has 0 saturated heterocycles. The van der Waals surface area contributed by atoms with E-state index in [1.807, 2.05) is 18.2 Å². The molecule has 2 rings (SSSR count). The molecular formula is C18H21N3O3S. The zero-order valence-electron chi connectivity index (χ0n) is 14.3. The Morgan fingerprint density at radius 1 is 1.20 bits per heavy atom. The molecule has 0 bridgehead atoms.